The number of phenolic OH excluding ortho intramolecular Hbond substituents is 1. The number of benzene rings is 1. The molecule has 0 atom stereocenters. The molecule has 1 aromatic heterocycles. The van der Waals surface area contributed by atoms with Gasteiger partial charge in [0.2, 0.25) is 0 Å². The van der Waals surface area contributed by atoms with E-state index in [2.05, 4.69) is 10.1 Å². The highest BCUT2D eigenvalue weighted by Crippen LogP contribution is 2.25. The predicted molar refractivity (Wildman–Crippen MR) is 57.4 cm³/mol. The number of aromatic hydroxyl groups is 1. The smallest absolute Gasteiger partial charge is 0.141 e. The maximum Gasteiger partial charge on any atom is 0.141 e. The van der Waals surface area contributed by atoms with Crippen LogP contribution in [0.25, 0.3) is 10.9 Å². The molecular weight excluding hydrogens is 192 g/mol. The van der Waals surface area contributed by atoms with Crippen LogP contribution < -0.4 is 0 Å². The molecule has 0 aliphatic rings. The Morgan fingerprint density at radius 3 is 2.87 bits per heavy atom. The summed E-state index contributed by atoms with van der Waals surface area (Å²) in [5, 5.41) is 22.2. The highest BCUT2D eigenvalue weighted by atomic mass is 16.4. The topological polar surface area (TPSA) is 65.7 Å². The Labute approximate surface area is 86.5 Å². The molecule has 0 aliphatic heterocycles. The van der Waals surface area contributed by atoms with E-state index in [1.807, 2.05) is 6.07 Å². The Morgan fingerprint density at radius 1 is 1.33 bits per heavy atom. The Balaban J connectivity index is 2.83. The number of pyridine rings is 1. The normalized spacial score (nSPS) is 11.9. The van der Waals surface area contributed by atoms with E-state index in [-0.39, 0.29) is 5.75 Å². The number of hydrogen-bond acceptors (Lipinski definition) is 4. The number of aromatic nitrogens is 1. The highest BCUT2D eigenvalue weighted by Gasteiger charge is 2.07. The third-order valence-corrected chi connectivity index (χ3v) is 2.29. The van der Waals surface area contributed by atoms with Crippen LogP contribution in [-0.4, -0.2) is 21.0 Å². The van der Waals surface area contributed by atoms with Crippen LogP contribution in [-0.2, 0) is 0 Å². The Kier molecular flexibility index (Phi) is 2.25. The molecule has 4 nitrogen and oxygen atoms in total. The molecular formula is C11H10N2O2. The summed E-state index contributed by atoms with van der Waals surface area (Å²) >= 11 is 0. The summed E-state index contributed by atoms with van der Waals surface area (Å²) in [5.41, 5.74) is 1.77. The van der Waals surface area contributed by atoms with E-state index in [0.717, 1.165) is 10.9 Å². The minimum absolute atomic E-state index is 0.125. The van der Waals surface area contributed by atoms with Gasteiger partial charge in [0.05, 0.1) is 5.71 Å². The molecule has 0 bridgehead atoms. The van der Waals surface area contributed by atoms with Crippen molar-refractivity contribution in [3.8, 4) is 5.75 Å². The molecule has 0 spiro atoms. The summed E-state index contributed by atoms with van der Waals surface area (Å²) in [6.45, 7) is 1.69. The van der Waals surface area contributed by atoms with E-state index >= 15 is 0 Å². The molecule has 76 valence electrons. The molecule has 0 aliphatic carbocycles. The predicted octanol–water partition coefficient (Wildman–Crippen LogP) is 2.14. The standard InChI is InChI=1S/C11H10N2O2/c1-7(13-15)8-4-5-10(14)11-9(8)3-2-6-12-11/h2-6,14-15H,1H3/b13-7-. The molecule has 1 heterocycles. The van der Waals surface area contributed by atoms with E-state index < -0.39 is 0 Å². The molecule has 0 amide bonds. The molecule has 0 saturated carbocycles. The molecule has 4 heteroatoms. The summed E-state index contributed by atoms with van der Waals surface area (Å²) in [5.74, 6) is 0.125. The van der Waals surface area contributed by atoms with Crippen LogP contribution in [0.5, 0.6) is 5.75 Å². The fourth-order valence-electron chi connectivity index (χ4n) is 1.53. The van der Waals surface area contributed by atoms with Crippen LogP contribution in [0.4, 0.5) is 0 Å². The first kappa shape index (κ1) is 9.45. The molecule has 1 aromatic carbocycles. The molecule has 2 aromatic rings. The first-order valence-corrected chi connectivity index (χ1v) is 4.50. The maximum absolute atomic E-state index is 9.59. The number of nitrogens with zero attached hydrogens (tertiary/aromatic N) is 2. The first-order valence-electron chi connectivity index (χ1n) is 4.50. The minimum atomic E-state index is 0.125. The van der Waals surface area contributed by atoms with Gasteiger partial charge in [-0.25, -0.2) is 0 Å². The van der Waals surface area contributed by atoms with E-state index in [1.54, 1.807) is 31.3 Å². The van der Waals surface area contributed by atoms with Gasteiger partial charge < -0.3 is 10.3 Å². The van der Waals surface area contributed by atoms with Crippen molar-refractivity contribution < 1.29 is 10.3 Å². The lowest BCUT2D eigenvalue weighted by Crippen LogP contribution is -1.96. The Morgan fingerprint density at radius 2 is 2.13 bits per heavy atom. The largest absolute Gasteiger partial charge is 0.506 e. The second-order valence-corrected chi connectivity index (χ2v) is 3.22. The molecule has 0 saturated heterocycles. The van der Waals surface area contributed by atoms with Gasteiger partial charge >= 0.3 is 0 Å². The third-order valence-electron chi connectivity index (χ3n) is 2.29. The summed E-state index contributed by atoms with van der Waals surface area (Å²) in [4.78, 5) is 4.07. The lowest BCUT2D eigenvalue weighted by molar-refractivity contribution is 0.319. The lowest BCUT2D eigenvalue weighted by Gasteiger charge is -2.05. The van der Waals surface area contributed by atoms with Crippen LogP contribution >= 0.6 is 0 Å². The van der Waals surface area contributed by atoms with Gasteiger partial charge in [0.1, 0.15) is 11.3 Å². The van der Waals surface area contributed by atoms with E-state index in [9.17, 15) is 5.11 Å². The van der Waals surface area contributed by atoms with E-state index in [4.69, 9.17) is 5.21 Å². The zero-order valence-electron chi connectivity index (χ0n) is 8.18. The molecule has 15 heavy (non-hydrogen) atoms. The van der Waals surface area contributed by atoms with Crippen molar-refractivity contribution in [2.75, 3.05) is 0 Å². The van der Waals surface area contributed by atoms with Crippen LogP contribution in [0.3, 0.4) is 0 Å². The summed E-state index contributed by atoms with van der Waals surface area (Å²) in [7, 11) is 0. The molecule has 0 radical (unpaired) electrons. The average molecular weight is 202 g/mol. The molecule has 2 N–H and O–H groups in total. The third kappa shape index (κ3) is 1.50. The van der Waals surface area contributed by atoms with Crippen molar-refractivity contribution in [1.82, 2.24) is 4.98 Å². The first-order chi connectivity index (χ1) is 7.24. The second kappa shape index (κ2) is 3.57. The Bertz CT molecular complexity index is 535. The Hall–Kier alpha value is -2.10. The maximum atomic E-state index is 9.59. The monoisotopic (exact) mass is 202 g/mol. The minimum Gasteiger partial charge on any atom is -0.506 e. The van der Waals surface area contributed by atoms with Gasteiger partial charge in [0, 0.05) is 17.1 Å². The summed E-state index contributed by atoms with van der Waals surface area (Å²) in [6, 6.07) is 6.84. The summed E-state index contributed by atoms with van der Waals surface area (Å²) in [6.07, 6.45) is 1.61. The van der Waals surface area contributed by atoms with Crippen molar-refractivity contribution in [1.29, 1.82) is 0 Å². The van der Waals surface area contributed by atoms with Gasteiger partial charge in [-0.15, -0.1) is 0 Å². The number of phenols is 1. The van der Waals surface area contributed by atoms with Gasteiger partial charge in [-0.05, 0) is 25.1 Å². The number of oxime groups is 1. The van der Waals surface area contributed by atoms with Crippen LogP contribution in [0.15, 0.2) is 35.6 Å². The zero-order valence-corrected chi connectivity index (χ0v) is 8.18. The number of hydrogen-bond donors (Lipinski definition) is 2. The van der Waals surface area contributed by atoms with E-state index in [1.165, 1.54) is 0 Å². The SMILES string of the molecule is C/C(=N/O)c1ccc(O)c2ncccc12. The highest BCUT2D eigenvalue weighted by molar-refractivity contribution is 6.09. The van der Waals surface area contributed by atoms with Gasteiger partial charge in [-0.1, -0.05) is 11.2 Å². The van der Waals surface area contributed by atoms with Crippen molar-refractivity contribution in [2.24, 2.45) is 5.16 Å². The second-order valence-electron chi connectivity index (χ2n) is 3.22. The van der Waals surface area contributed by atoms with Crippen molar-refractivity contribution in [3.63, 3.8) is 0 Å². The van der Waals surface area contributed by atoms with E-state index in [0.29, 0.717) is 11.2 Å². The fraction of sp³-hybridized carbons (Fsp3) is 0.0909. The van der Waals surface area contributed by atoms with Crippen LogP contribution in [0.2, 0.25) is 0 Å². The zero-order chi connectivity index (χ0) is 10.8. The van der Waals surface area contributed by atoms with Crippen molar-refractivity contribution >= 4 is 16.6 Å². The average Bonchev–Trinajstić information content (AvgIpc) is 2.29. The summed E-state index contributed by atoms with van der Waals surface area (Å²) < 4.78 is 0. The number of fused-ring (bicyclic) bond motifs is 1. The quantitative estimate of drug-likeness (QED) is 0.423. The lowest BCUT2D eigenvalue weighted by atomic mass is 10.0. The van der Waals surface area contributed by atoms with Gasteiger partial charge in [-0.3, -0.25) is 4.98 Å². The number of rotatable bonds is 1. The van der Waals surface area contributed by atoms with Crippen molar-refractivity contribution in [2.45, 2.75) is 6.92 Å². The van der Waals surface area contributed by atoms with Gasteiger partial charge in [0.25, 0.3) is 0 Å². The van der Waals surface area contributed by atoms with Crippen LogP contribution in [0.1, 0.15) is 12.5 Å². The molecule has 0 fully saturated rings. The van der Waals surface area contributed by atoms with Crippen LogP contribution in [0, 0.1) is 0 Å². The molecule has 0 unspecified atom stereocenters. The van der Waals surface area contributed by atoms with Gasteiger partial charge in [-0.2, -0.15) is 0 Å². The molecule has 2 rings (SSSR count). The van der Waals surface area contributed by atoms with Crippen molar-refractivity contribution in [3.05, 3.63) is 36.0 Å². The van der Waals surface area contributed by atoms with Gasteiger partial charge in [0.15, 0.2) is 0 Å². The fourth-order valence-corrected chi connectivity index (χ4v) is 1.53.